The van der Waals surface area contributed by atoms with E-state index < -0.39 is 0 Å². The molecule has 0 aliphatic carbocycles. The van der Waals surface area contributed by atoms with Crippen LogP contribution in [0.5, 0.6) is 46.0 Å². The average molecular weight is 1870 g/mol. The highest BCUT2D eigenvalue weighted by Gasteiger charge is 2.13. The summed E-state index contributed by atoms with van der Waals surface area (Å²) >= 11 is 7.37. The first-order valence-electron chi connectivity index (χ1n) is 47.1. The summed E-state index contributed by atoms with van der Waals surface area (Å²) in [7, 11) is 0. The third-order valence-corrected chi connectivity index (χ3v) is 29.1. The Labute approximate surface area is 835 Å². The van der Waals surface area contributed by atoms with E-state index in [1.54, 1.807) is 0 Å². The van der Waals surface area contributed by atoms with Crippen LogP contribution < -0.4 is 18.9 Å². The highest BCUT2D eigenvalue weighted by atomic mass is 32.2. The number of benzene rings is 16. The number of rotatable bonds is 16. The second-order valence-corrected chi connectivity index (χ2v) is 41.4. The summed E-state index contributed by atoms with van der Waals surface area (Å²) in [5.41, 5.74) is 41.7. The maximum absolute atomic E-state index is 5.93. The molecular formula is C128H144O4S4. The molecule has 0 spiro atoms. The van der Waals surface area contributed by atoms with E-state index in [0.717, 1.165) is 51.6 Å². The number of aryl methyl sites for hydroxylation is 30. The maximum Gasteiger partial charge on any atom is 0.130 e. The summed E-state index contributed by atoms with van der Waals surface area (Å²) < 4.78 is 23.6. The third kappa shape index (κ3) is 34.4. The van der Waals surface area contributed by atoms with Gasteiger partial charge in [-0.2, -0.15) is 0 Å². The van der Waals surface area contributed by atoms with Crippen molar-refractivity contribution in [3.05, 3.63) is 469 Å². The minimum Gasteiger partial charge on any atom is -0.457 e. The maximum atomic E-state index is 5.93. The minimum atomic E-state index is 0.899. The fourth-order valence-corrected chi connectivity index (χ4v) is 18.4. The molecule has 16 aromatic carbocycles. The van der Waals surface area contributed by atoms with E-state index in [2.05, 4.69) is 470 Å². The minimum absolute atomic E-state index is 0.899. The smallest absolute Gasteiger partial charge is 0.130 e. The van der Waals surface area contributed by atoms with Gasteiger partial charge < -0.3 is 18.9 Å². The van der Waals surface area contributed by atoms with Crippen molar-refractivity contribution in [1.82, 2.24) is 0 Å². The van der Waals surface area contributed by atoms with Gasteiger partial charge in [0.1, 0.15) is 46.0 Å². The molecular weight excluding hydrogens is 1730 g/mol. The van der Waals surface area contributed by atoms with Gasteiger partial charge in [-0.3, -0.25) is 0 Å². The Hall–Kier alpha value is -11.9. The normalized spacial score (nSPS) is 10.5. The van der Waals surface area contributed by atoms with E-state index in [-0.39, 0.29) is 0 Å². The van der Waals surface area contributed by atoms with Crippen LogP contribution in [0.1, 0.15) is 178 Å². The first kappa shape index (κ1) is 108. The first-order chi connectivity index (χ1) is 64.5. The van der Waals surface area contributed by atoms with Crippen molar-refractivity contribution in [2.24, 2.45) is 0 Å². The van der Waals surface area contributed by atoms with Crippen molar-refractivity contribution in [2.45, 2.75) is 261 Å². The molecule has 16 rings (SSSR count). The second-order valence-electron chi connectivity index (χ2n) is 36.9. The van der Waals surface area contributed by atoms with E-state index in [0.29, 0.717) is 0 Å². The Morgan fingerprint density at radius 2 is 0.397 bits per heavy atom. The summed E-state index contributed by atoms with van der Waals surface area (Å²) in [6, 6.07) is 103. The van der Waals surface area contributed by atoms with E-state index in [1.165, 1.54) is 212 Å². The van der Waals surface area contributed by atoms with Crippen LogP contribution in [0.25, 0.3) is 0 Å². The lowest BCUT2D eigenvalue weighted by atomic mass is 10.1. The molecule has 0 saturated heterocycles. The monoisotopic (exact) mass is 1870 g/mol. The molecule has 0 aliphatic heterocycles. The predicted molar refractivity (Wildman–Crippen MR) is 591 cm³/mol. The van der Waals surface area contributed by atoms with E-state index in [4.69, 9.17) is 18.9 Å². The number of hydrogen-bond donors (Lipinski definition) is 0. The fraction of sp³-hybridized carbons (Fsp3) is 0.250. The number of ether oxygens (including phenoxy) is 4. The van der Waals surface area contributed by atoms with Gasteiger partial charge in [0.15, 0.2) is 0 Å². The summed E-state index contributed by atoms with van der Waals surface area (Å²) in [6.07, 6.45) is 0. The zero-order valence-corrected chi connectivity index (χ0v) is 90.2. The van der Waals surface area contributed by atoms with E-state index in [9.17, 15) is 0 Å². The Morgan fingerprint density at radius 3 is 0.750 bits per heavy atom. The van der Waals surface area contributed by atoms with Crippen LogP contribution in [0.3, 0.4) is 0 Å². The van der Waals surface area contributed by atoms with Crippen LogP contribution in [-0.2, 0) is 0 Å². The molecule has 4 nitrogen and oxygen atoms in total. The molecule has 0 heterocycles. The van der Waals surface area contributed by atoms with Gasteiger partial charge in [-0.25, -0.2) is 0 Å². The van der Waals surface area contributed by atoms with Crippen LogP contribution in [0, 0.1) is 222 Å². The Balaban J connectivity index is 0.000000174. The van der Waals surface area contributed by atoms with Crippen molar-refractivity contribution in [3.8, 4) is 46.0 Å². The van der Waals surface area contributed by atoms with E-state index in [1.807, 2.05) is 89.5 Å². The van der Waals surface area contributed by atoms with Gasteiger partial charge in [-0.05, 0) is 569 Å². The van der Waals surface area contributed by atoms with Crippen molar-refractivity contribution in [1.29, 1.82) is 0 Å². The van der Waals surface area contributed by atoms with Crippen molar-refractivity contribution in [3.63, 3.8) is 0 Å². The highest BCUT2D eigenvalue weighted by molar-refractivity contribution is 8.00. The Kier molecular flexibility index (Phi) is 41.1. The molecule has 0 aromatic heterocycles. The standard InChI is InChI=1S/4C16H18O.4C16H18S/c1-11-5-7-15(9-13(11)3)17-16-8-6-12(2)14(4)10-16;1-11-7-12(2)9-16(8-11)17-15-6-5-13(3)14(4)10-15;1-11-5-6-13(3)16(9-11)17-15-8-7-12(2)14(4)10-15;1-11-8-9-15(10-13(11)3)17-16-7-5-6-12(2)14(16)4;1-11-5-7-15(9-13(11)3)17-16-8-6-12(2)14(4)10-16;1-11-7-12(2)9-16(8-11)17-15-6-5-13(3)14(4)10-15;1-11-5-6-13(3)16(9-11)17-15-8-7-12(2)14(4)10-15;1-11-8-9-15(10-13(11)3)17-16-7-5-6-12(2)14(16)4/h8*5-10H,1-4H3. The largest absolute Gasteiger partial charge is 0.457 e. The lowest BCUT2D eigenvalue weighted by Crippen LogP contribution is -1.91. The summed E-state index contributed by atoms with van der Waals surface area (Å²) in [4.78, 5) is 10.6. The van der Waals surface area contributed by atoms with Crippen LogP contribution in [0.2, 0.25) is 0 Å². The highest BCUT2D eigenvalue weighted by Crippen LogP contribution is 2.38. The van der Waals surface area contributed by atoms with Crippen LogP contribution in [-0.4, -0.2) is 0 Å². The molecule has 0 N–H and O–H groups in total. The quantitative estimate of drug-likeness (QED) is 0.0947. The third-order valence-electron chi connectivity index (χ3n) is 24.8. The average Bonchev–Trinajstić information content (AvgIpc) is 0.855. The Morgan fingerprint density at radius 1 is 0.132 bits per heavy atom. The molecule has 0 fully saturated rings. The van der Waals surface area contributed by atoms with Gasteiger partial charge in [0.2, 0.25) is 0 Å². The van der Waals surface area contributed by atoms with E-state index >= 15 is 0 Å². The number of hydrogen-bond acceptors (Lipinski definition) is 8. The zero-order chi connectivity index (χ0) is 99.3. The van der Waals surface area contributed by atoms with Crippen molar-refractivity contribution >= 4 is 47.0 Å². The van der Waals surface area contributed by atoms with Gasteiger partial charge in [0.25, 0.3) is 0 Å². The van der Waals surface area contributed by atoms with Crippen LogP contribution in [0.4, 0.5) is 0 Å². The molecule has 16 aromatic rings. The molecule has 0 radical (unpaired) electrons. The molecule has 0 unspecified atom stereocenters. The summed E-state index contributed by atoms with van der Waals surface area (Å²) in [6.45, 7) is 68.1. The topological polar surface area (TPSA) is 36.9 Å². The van der Waals surface area contributed by atoms with Gasteiger partial charge in [0, 0.05) is 39.2 Å². The Bertz CT molecular complexity index is 6120. The molecule has 0 amide bonds. The zero-order valence-electron chi connectivity index (χ0n) is 87.0. The first-order valence-corrected chi connectivity index (χ1v) is 50.3. The van der Waals surface area contributed by atoms with Crippen LogP contribution in [0.15, 0.2) is 330 Å². The van der Waals surface area contributed by atoms with Crippen LogP contribution >= 0.6 is 47.0 Å². The molecule has 0 bridgehead atoms. The van der Waals surface area contributed by atoms with Gasteiger partial charge in [-0.1, -0.05) is 168 Å². The SMILES string of the molecule is Cc1cc(C)cc(Oc2ccc(C)c(C)c2)c1.Cc1cc(C)cc(Sc2ccc(C)c(C)c2)c1.Cc1ccc(C)c(Oc2ccc(C)c(C)c2)c1.Cc1ccc(C)c(Sc2ccc(C)c(C)c2)c1.Cc1ccc(Oc2ccc(C)c(C)c2)cc1C.Cc1ccc(Oc2cccc(C)c2C)cc1C.Cc1ccc(Sc2ccc(C)c(C)c2)cc1C.Cc1ccc(Sc2cccc(C)c2C)cc1C. The molecule has 0 aliphatic rings. The fourth-order valence-electron chi connectivity index (χ4n) is 14.1. The van der Waals surface area contributed by atoms with Crippen molar-refractivity contribution in [2.75, 3.05) is 0 Å². The molecule has 0 atom stereocenters. The molecule has 0 saturated carbocycles. The summed E-state index contributed by atoms with van der Waals surface area (Å²) in [5.74, 6) is 7.29. The predicted octanol–water partition coefficient (Wildman–Crippen LogP) is 39.1. The second kappa shape index (κ2) is 51.9. The van der Waals surface area contributed by atoms with Gasteiger partial charge in [-0.15, -0.1) is 0 Å². The van der Waals surface area contributed by atoms with Crippen molar-refractivity contribution < 1.29 is 18.9 Å². The lowest BCUT2D eigenvalue weighted by molar-refractivity contribution is 0.477. The molecule has 8 heteroatoms. The lowest BCUT2D eigenvalue weighted by Gasteiger charge is -2.11. The van der Waals surface area contributed by atoms with Gasteiger partial charge >= 0.3 is 0 Å². The molecule has 704 valence electrons. The molecule has 136 heavy (non-hydrogen) atoms. The van der Waals surface area contributed by atoms with Gasteiger partial charge in [0.05, 0.1) is 0 Å². The summed E-state index contributed by atoms with van der Waals surface area (Å²) in [5, 5.41) is 0.